The number of hydrogen-bond acceptors (Lipinski definition) is 4. The summed E-state index contributed by atoms with van der Waals surface area (Å²) in [5.41, 5.74) is 0.573. The summed E-state index contributed by atoms with van der Waals surface area (Å²) >= 11 is 0. The molecule has 0 fully saturated rings. The van der Waals surface area contributed by atoms with Crippen LogP contribution in [0.25, 0.3) is 0 Å². The molecule has 0 aromatic heterocycles. The van der Waals surface area contributed by atoms with Crippen molar-refractivity contribution in [1.29, 1.82) is 0 Å². The second-order valence-corrected chi connectivity index (χ2v) is 2.72. The molecule has 68 valence electrons. The number of nitrogens with zero attached hydrogens (tertiary/aromatic N) is 1. The lowest BCUT2D eigenvalue weighted by Gasteiger charge is -1.99. The van der Waals surface area contributed by atoms with Gasteiger partial charge in [-0.25, -0.2) is 0 Å². The molecule has 0 saturated carbocycles. The van der Waals surface area contributed by atoms with E-state index in [0.29, 0.717) is 11.3 Å². The maximum atomic E-state index is 10.7. The minimum Gasteiger partial charge on any atom is -0.453 e. The van der Waals surface area contributed by atoms with Gasteiger partial charge < -0.3 is 9.47 Å². The molecule has 0 N–H and O–H groups in total. The van der Waals surface area contributed by atoms with Crippen molar-refractivity contribution in [2.24, 2.45) is 0 Å². The number of fused-ring (bicyclic) bond motifs is 1. The van der Waals surface area contributed by atoms with Crippen LogP contribution >= 0.6 is 0 Å². The molecule has 0 amide bonds. The van der Waals surface area contributed by atoms with Crippen LogP contribution in [0, 0.1) is 17.0 Å². The van der Waals surface area contributed by atoms with Crippen molar-refractivity contribution in [2.45, 2.75) is 6.92 Å². The van der Waals surface area contributed by atoms with Crippen molar-refractivity contribution in [3.63, 3.8) is 0 Å². The average molecular weight is 181 g/mol. The third-order valence-corrected chi connectivity index (χ3v) is 1.90. The Bertz CT molecular complexity index is 375. The lowest BCUT2D eigenvalue weighted by Crippen LogP contribution is -1.96. The number of nitro groups is 1. The van der Waals surface area contributed by atoms with E-state index in [-0.39, 0.29) is 18.2 Å². The monoisotopic (exact) mass is 181 g/mol. The second kappa shape index (κ2) is 2.62. The highest BCUT2D eigenvalue weighted by atomic mass is 16.7. The van der Waals surface area contributed by atoms with E-state index >= 15 is 0 Å². The Kier molecular flexibility index (Phi) is 1.58. The standard InChI is InChI=1S/C8H7NO4/c1-5-2-3-6-8(13-4-12-6)7(5)9(10)11/h2-3H,4H2,1H3. The van der Waals surface area contributed by atoms with E-state index in [1.54, 1.807) is 19.1 Å². The molecule has 1 heterocycles. The Labute approximate surface area is 74.0 Å². The smallest absolute Gasteiger partial charge is 0.317 e. The Hall–Kier alpha value is -1.78. The quantitative estimate of drug-likeness (QED) is 0.488. The van der Waals surface area contributed by atoms with Crippen molar-refractivity contribution in [2.75, 3.05) is 6.79 Å². The Morgan fingerprint density at radius 2 is 2.23 bits per heavy atom. The Balaban J connectivity index is 2.65. The summed E-state index contributed by atoms with van der Waals surface area (Å²) in [5, 5.41) is 10.7. The normalized spacial score (nSPS) is 13.0. The predicted octanol–water partition coefficient (Wildman–Crippen LogP) is 1.63. The largest absolute Gasteiger partial charge is 0.453 e. The summed E-state index contributed by atoms with van der Waals surface area (Å²) in [6.07, 6.45) is 0. The first kappa shape index (κ1) is 7.85. The van der Waals surface area contributed by atoms with Crippen molar-refractivity contribution >= 4 is 5.69 Å². The van der Waals surface area contributed by atoms with Gasteiger partial charge in [0, 0.05) is 5.56 Å². The Morgan fingerprint density at radius 3 is 2.92 bits per heavy atom. The van der Waals surface area contributed by atoms with Gasteiger partial charge in [-0.1, -0.05) is 0 Å². The minimum atomic E-state index is -0.456. The zero-order valence-electron chi connectivity index (χ0n) is 6.94. The van der Waals surface area contributed by atoms with Gasteiger partial charge in [0.25, 0.3) is 0 Å². The first-order valence-corrected chi connectivity index (χ1v) is 3.74. The third kappa shape index (κ3) is 1.09. The fourth-order valence-corrected chi connectivity index (χ4v) is 1.28. The van der Waals surface area contributed by atoms with Crippen molar-refractivity contribution in [3.8, 4) is 11.5 Å². The molecule has 0 aliphatic carbocycles. The highest BCUT2D eigenvalue weighted by Crippen LogP contribution is 2.42. The van der Waals surface area contributed by atoms with Gasteiger partial charge in [-0.05, 0) is 19.1 Å². The van der Waals surface area contributed by atoms with E-state index < -0.39 is 4.92 Å². The summed E-state index contributed by atoms with van der Waals surface area (Å²) in [4.78, 5) is 10.2. The highest BCUT2D eigenvalue weighted by Gasteiger charge is 2.27. The van der Waals surface area contributed by atoms with Crippen LogP contribution in [0.5, 0.6) is 11.5 Å². The maximum absolute atomic E-state index is 10.7. The van der Waals surface area contributed by atoms with E-state index in [2.05, 4.69) is 0 Å². The van der Waals surface area contributed by atoms with Crippen LogP contribution in [0.3, 0.4) is 0 Å². The molecule has 0 bridgehead atoms. The summed E-state index contributed by atoms with van der Waals surface area (Å²) < 4.78 is 10.0. The van der Waals surface area contributed by atoms with E-state index in [4.69, 9.17) is 9.47 Å². The molecule has 2 rings (SSSR count). The van der Waals surface area contributed by atoms with Gasteiger partial charge in [-0.3, -0.25) is 10.1 Å². The van der Waals surface area contributed by atoms with Gasteiger partial charge in [0.05, 0.1) is 4.92 Å². The second-order valence-electron chi connectivity index (χ2n) is 2.72. The molecule has 5 nitrogen and oxygen atoms in total. The SMILES string of the molecule is Cc1ccc2c(c1[N+](=O)[O-])OCO2. The molecule has 0 atom stereocenters. The molecule has 0 saturated heterocycles. The molecule has 5 heteroatoms. The predicted molar refractivity (Wildman–Crippen MR) is 44.0 cm³/mol. The molecule has 0 unspecified atom stereocenters. The van der Waals surface area contributed by atoms with Crippen LogP contribution in [0.2, 0.25) is 0 Å². The molecule has 1 aliphatic rings. The van der Waals surface area contributed by atoms with Crippen LogP contribution in [-0.2, 0) is 0 Å². The molecule has 0 spiro atoms. The van der Waals surface area contributed by atoms with Crippen LogP contribution < -0.4 is 9.47 Å². The number of ether oxygens (including phenoxy) is 2. The molecule has 0 radical (unpaired) electrons. The van der Waals surface area contributed by atoms with Crippen molar-refractivity contribution < 1.29 is 14.4 Å². The molecule has 1 aliphatic heterocycles. The summed E-state index contributed by atoms with van der Waals surface area (Å²) in [6, 6.07) is 3.32. The van der Waals surface area contributed by atoms with Gasteiger partial charge in [0.2, 0.25) is 12.5 Å². The fourth-order valence-electron chi connectivity index (χ4n) is 1.28. The van der Waals surface area contributed by atoms with E-state index in [1.165, 1.54) is 0 Å². The Morgan fingerprint density at radius 1 is 1.46 bits per heavy atom. The first-order chi connectivity index (χ1) is 6.20. The number of benzene rings is 1. The molecule has 1 aromatic rings. The van der Waals surface area contributed by atoms with Gasteiger partial charge in [-0.2, -0.15) is 0 Å². The lowest BCUT2D eigenvalue weighted by atomic mass is 10.2. The molecular formula is C8H7NO4. The van der Waals surface area contributed by atoms with Crippen molar-refractivity contribution in [1.82, 2.24) is 0 Å². The topological polar surface area (TPSA) is 61.6 Å². The zero-order valence-corrected chi connectivity index (χ0v) is 6.94. The maximum Gasteiger partial charge on any atom is 0.317 e. The first-order valence-electron chi connectivity index (χ1n) is 3.74. The lowest BCUT2D eigenvalue weighted by molar-refractivity contribution is -0.386. The summed E-state index contributed by atoms with van der Waals surface area (Å²) in [6.45, 7) is 1.72. The third-order valence-electron chi connectivity index (χ3n) is 1.90. The van der Waals surface area contributed by atoms with E-state index in [1.807, 2.05) is 0 Å². The van der Waals surface area contributed by atoms with Gasteiger partial charge in [0.1, 0.15) is 0 Å². The van der Waals surface area contributed by atoms with E-state index in [9.17, 15) is 10.1 Å². The van der Waals surface area contributed by atoms with Gasteiger partial charge in [0.15, 0.2) is 5.75 Å². The van der Waals surface area contributed by atoms with Crippen LogP contribution in [0.1, 0.15) is 5.56 Å². The van der Waals surface area contributed by atoms with Gasteiger partial charge >= 0.3 is 5.69 Å². The fraction of sp³-hybridized carbons (Fsp3) is 0.250. The zero-order chi connectivity index (χ0) is 9.42. The van der Waals surface area contributed by atoms with Gasteiger partial charge in [-0.15, -0.1) is 0 Å². The number of aryl methyl sites for hydroxylation is 1. The van der Waals surface area contributed by atoms with Crippen LogP contribution in [0.15, 0.2) is 12.1 Å². The molecule has 13 heavy (non-hydrogen) atoms. The van der Waals surface area contributed by atoms with E-state index in [0.717, 1.165) is 0 Å². The average Bonchev–Trinajstić information content (AvgIpc) is 2.50. The van der Waals surface area contributed by atoms with Crippen LogP contribution in [-0.4, -0.2) is 11.7 Å². The summed E-state index contributed by atoms with van der Waals surface area (Å²) in [5.74, 6) is 0.683. The van der Waals surface area contributed by atoms with Crippen LogP contribution in [0.4, 0.5) is 5.69 Å². The molecule has 1 aromatic carbocycles. The van der Waals surface area contributed by atoms with Crippen molar-refractivity contribution in [3.05, 3.63) is 27.8 Å². The number of nitro benzene ring substituents is 1. The molecular weight excluding hydrogens is 174 g/mol. The number of rotatable bonds is 1. The minimum absolute atomic E-state index is 0.00463. The highest BCUT2D eigenvalue weighted by molar-refractivity contribution is 5.61. The summed E-state index contributed by atoms with van der Waals surface area (Å²) in [7, 11) is 0. The number of hydrogen-bond donors (Lipinski definition) is 0.